The Morgan fingerprint density at radius 3 is 2.26 bits per heavy atom. The van der Waals surface area contributed by atoms with Gasteiger partial charge in [0.2, 0.25) is 0 Å². The van der Waals surface area contributed by atoms with Gasteiger partial charge in [-0.15, -0.1) is 0 Å². The van der Waals surface area contributed by atoms with Gasteiger partial charge >= 0.3 is 0 Å². The van der Waals surface area contributed by atoms with E-state index in [1.54, 1.807) is 18.6 Å². The second-order valence-electron chi connectivity index (χ2n) is 6.92. The molecule has 0 aliphatic carbocycles. The van der Waals surface area contributed by atoms with Crippen molar-refractivity contribution in [3.63, 3.8) is 0 Å². The Morgan fingerprint density at radius 2 is 1.56 bits per heavy atom. The summed E-state index contributed by atoms with van der Waals surface area (Å²) in [6.45, 7) is 4.31. The smallest absolute Gasteiger partial charge is 0.122 e. The van der Waals surface area contributed by atoms with Gasteiger partial charge in [-0.3, -0.25) is 9.97 Å². The summed E-state index contributed by atoms with van der Waals surface area (Å²) in [7, 11) is 0. The fourth-order valence-corrected chi connectivity index (χ4v) is 3.20. The molecule has 0 radical (unpaired) electrons. The Balaban J connectivity index is 1.84. The number of benzene rings is 1. The molecule has 3 heterocycles. The van der Waals surface area contributed by atoms with Crippen LogP contribution < -0.4 is 0 Å². The molecule has 4 nitrogen and oxygen atoms in total. The Kier molecular flexibility index (Phi) is 4.65. The first-order chi connectivity index (χ1) is 13.1. The molecule has 1 aromatic carbocycles. The van der Waals surface area contributed by atoms with E-state index in [0.717, 1.165) is 27.7 Å². The van der Waals surface area contributed by atoms with E-state index in [-0.39, 0.29) is 0 Å². The summed E-state index contributed by atoms with van der Waals surface area (Å²) in [5.41, 5.74) is 5.22. The second-order valence-corrected chi connectivity index (χ2v) is 6.92. The lowest BCUT2D eigenvalue weighted by atomic mass is 9.97. The van der Waals surface area contributed by atoms with Crippen LogP contribution in [0.2, 0.25) is 0 Å². The summed E-state index contributed by atoms with van der Waals surface area (Å²) in [6.07, 6.45) is 4.41. The molecule has 4 rings (SSSR count). The molecule has 3 aromatic heterocycles. The summed E-state index contributed by atoms with van der Waals surface area (Å²) in [6, 6.07) is 17.7. The summed E-state index contributed by atoms with van der Waals surface area (Å²) < 4.78 is 0. The minimum Gasteiger partial charge on any atom is -0.382 e. The maximum absolute atomic E-state index is 11.1. The van der Waals surface area contributed by atoms with Crippen LogP contribution in [-0.2, 0) is 0 Å². The molecule has 0 unspecified atom stereocenters. The minimum absolute atomic E-state index is 0.453. The normalized spacial score (nSPS) is 12.4. The standard InChI is InChI=1S/C23H21N3O/c1-15(2)16-5-7-18(8-6-16)23(27)22-19-4-3-11-25-21(19)14-20(26-22)17-9-12-24-13-10-17/h3-15,23,27H,1-2H3/t23-/m0/s1. The highest BCUT2D eigenvalue weighted by molar-refractivity contribution is 5.85. The molecule has 27 heavy (non-hydrogen) atoms. The van der Waals surface area contributed by atoms with Crippen LogP contribution in [0, 0.1) is 0 Å². The van der Waals surface area contributed by atoms with Gasteiger partial charge in [0.05, 0.1) is 16.9 Å². The average Bonchev–Trinajstić information content (AvgIpc) is 2.73. The number of aromatic nitrogens is 3. The Hall–Kier alpha value is -3.11. The molecule has 4 aromatic rings. The zero-order valence-corrected chi connectivity index (χ0v) is 15.4. The van der Waals surface area contributed by atoms with E-state index >= 15 is 0 Å². The Morgan fingerprint density at radius 1 is 0.852 bits per heavy atom. The largest absolute Gasteiger partial charge is 0.382 e. The molecule has 0 bridgehead atoms. The van der Waals surface area contributed by atoms with Crippen molar-refractivity contribution in [1.29, 1.82) is 0 Å². The van der Waals surface area contributed by atoms with Crippen LogP contribution in [0.25, 0.3) is 22.2 Å². The van der Waals surface area contributed by atoms with Gasteiger partial charge in [0.15, 0.2) is 0 Å². The summed E-state index contributed by atoms with van der Waals surface area (Å²) in [4.78, 5) is 13.3. The molecular formula is C23H21N3O. The van der Waals surface area contributed by atoms with Gasteiger partial charge < -0.3 is 5.11 Å². The van der Waals surface area contributed by atoms with Crippen LogP contribution >= 0.6 is 0 Å². The molecular weight excluding hydrogens is 334 g/mol. The van der Waals surface area contributed by atoms with Gasteiger partial charge in [0.25, 0.3) is 0 Å². The van der Waals surface area contributed by atoms with Crippen molar-refractivity contribution in [2.45, 2.75) is 25.9 Å². The predicted octanol–water partition coefficient (Wildman–Crippen LogP) is 4.90. The first-order valence-corrected chi connectivity index (χ1v) is 9.07. The van der Waals surface area contributed by atoms with Crippen LogP contribution in [0.1, 0.15) is 42.7 Å². The number of aliphatic hydroxyl groups excluding tert-OH is 1. The highest BCUT2D eigenvalue weighted by atomic mass is 16.3. The molecule has 1 atom stereocenters. The molecule has 134 valence electrons. The fourth-order valence-electron chi connectivity index (χ4n) is 3.20. The molecule has 4 heteroatoms. The summed E-state index contributed by atoms with van der Waals surface area (Å²) >= 11 is 0. The number of pyridine rings is 3. The third-order valence-corrected chi connectivity index (χ3v) is 4.78. The first-order valence-electron chi connectivity index (χ1n) is 9.07. The van der Waals surface area contributed by atoms with Crippen LogP contribution in [0.5, 0.6) is 0 Å². The highest BCUT2D eigenvalue weighted by Crippen LogP contribution is 2.30. The van der Waals surface area contributed by atoms with E-state index in [2.05, 4.69) is 35.9 Å². The van der Waals surface area contributed by atoms with Gasteiger partial charge in [0, 0.05) is 29.5 Å². The van der Waals surface area contributed by atoms with Gasteiger partial charge in [-0.05, 0) is 47.4 Å². The van der Waals surface area contributed by atoms with Gasteiger partial charge in [-0.1, -0.05) is 38.1 Å². The molecule has 1 N–H and O–H groups in total. The maximum atomic E-state index is 11.1. The summed E-state index contributed by atoms with van der Waals surface area (Å²) in [5.74, 6) is 0.453. The first kappa shape index (κ1) is 17.3. The van der Waals surface area contributed by atoms with Crippen molar-refractivity contribution in [3.8, 4) is 11.3 Å². The highest BCUT2D eigenvalue weighted by Gasteiger charge is 2.18. The van der Waals surface area contributed by atoms with E-state index < -0.39 is 6.10 Å². The van der Waals surface area contributed by atoms with Crippen molar-refractivity contribution >= 4 is 10.9 Å². The van der Waals surface area contributed by atoms with E-state index in [1.807, 2.05) is 42.5 Å². The zero-order chi connectivity index (χ0) is 18.8. The van der Waals surface area contributed by atoms with Crippen LogP contribution in [0.3, 0.4) is 0 Å². The van der Waals surface area contributed by atoms with Crippen molar-refractivity contribution in [2.75, 3.05) is 0 Å². The lowest BCUT2D eigenvalue weighted by Crippen LogP contribution is -2.05. The maximum Gasteiger partial charge on any atom is 0.122 e. The Bertz CT molecular complexity index is 1060. The summed E-state index contributed by atoms with van der Waals surface area (Å²) in [5, 5.41) is 11.9. The Labute approximate surface area is 158 Å². The number of fused-ring (bicyclic) bond motifs is 1. The molecule has 0 amide bonds. The molecule has 0 aliphatic heterocycles. The number of rotatable bonds is 4. The lowest BCUT2D eigenvalue weighted by Gasteiger charge is -2.16. The van der Waals surface area contributed by atoms with Crippen molar-refractivity contribution in [1.82, 2.24) is 15.0 Å². The van der Waals surface area contributed by atoms with Gasteiger partial charge in [0.1, 0.15) is 6.10 Å². The van der Waals surface area contributed by atoms with E-state index in [1.165, 1.54) is 5.56 Å². The zero-order valence-electron chi connectivity index (χ0n) is 15.4. The third-order valence-electron chi connectivity index (χ3n) is 4.78. The van der Waals surface area contributed by atoms with Crippen LogP contribution in [-0.4, -0.2) is 20.1 Å². The van der Waals surface area contributed by atoms with Crippen molar-refractivity contribution in [2.24, 2.45) is 0 Å². The fraction of sp³-hybridized carbons (Fsp3) is 0.174. The van der Waals surface area contributed by atoms with E-state index in [0.29, 0.717) is 11.6 Å². The molecule has 0 saturated heterocycles. The quantitative estimate of drug-likeness (QED) is 0.566. The second kappa shape index (κ2) is 7.25. The lowest BCUT2D eigenvalue weighted by molar-refractivity contribution is 0.217. The number of hydrogen-bond donors (Lipinski definition) is 1. The topological polar surface area (TPSA) is 58.9 Å². The van der Waals surface area contributed by atoms with Crippen LogP contribution in [0.4, 0.5) is 0 Å². The molecule has 0 fully saturated rings. The predicted molar refractivity (Wildman–Crippen MR) is 107 cm³/mol. The van der Waals surface area contributed by atoms with Gasteiger partial charge in [-0.2, -0.15) is 0 Å². The number of nitrogens with zero attached hydrogens (tertiary/aromatic N) is 3. The van der Waals surface area contributed by atoms with Crippen LogP contribution in [0.15, 0.2) is 73.2 Å². The van der Waals surface area contributed by atoms with E-state index in [4.69, 9.17) is 4.98 Å². The van der Waals surface area contributed by atoms with E-state index in [9.17, 15) is 5.11 Å². The number of hydrogen-bond acceptors (Lipinski definition) is 4. The third kappa shape index (κ3) is 3.44. The SMILES string of the molecule is CC(C)c1ccc([C@H](O)c2nc(-c3ccncc3)cc3ncccc23)cc1. The molecule has 0 saturated carbocycles. The van der Waals surface area contributed by atoms with Crippen molar-refractivity contribution in [3.05, 3.63) is 90.0 Å². The van der Waals surface area contributed by atoms with Crippen molar-refractivity contribution < 1.29 is 5.11 Å². The number of aliphatic hydroxyl groups is 1. The average molecular weight is 355 g/mol. The monoisotopic (exact) mass is 355 g/mol. The van der Waals surface area contributed by atoms with Gasteiger partial charge in [-0.25, -0.2) is 4.98 Å². The molecule has 0 aliphatic rings. The molecule has 0 spiro atoms. The minimum atomic E-state index is -0.820.